The van der Waals surface area contributed by atoms with Crippen molar-refractivity contribution >= 4 is 18.1 Å². The molecule has 0 bridgehead atoms. The van der Waals surface area contributed by atoms with E-state index in [0.717, 1.165) is 27.8 Å². The highest BCUT2D eigenvalue weighted by Crippen LogP contribution is 2.44. The van der Waals surface area contributed by atoms with Crippen molar-refractivity contribution in [2.75, 3.05) is 27.4 Å². The van der Waals surface area contributed by atoms with E-state index in [4.69, 9.17) is 18.9 Å². The van der Waals surface area contributed by atoms with Crippen molar-refractivity contribution in [1.29, 1.82) is 0 Å². The first-order chi connectivity index (χ1) is 18.0. The van der Waals surface area contributed by atoms with E-state index >= 15 is 0 Å². The number of carboxylic acid groups (broad SMARTS) is 1. The second-order valence-corrected chi connectivity index (χ2v) is 8.90. The molecule has 1 unspecified atom stereocenters. The zero-order valence-electron chi connectivity index (χ0n) is 20.5. The fourth-order valence-electron chi connectivity index (χ4n) is 4.91. The third-order valence-electron chi connectivity index (χ3n) is 6.69. The smallest absolute Gasteiger partial charge is 0.407 e. The van der Waals surface area contributed by atoms with Crippen LogP contribution in [0, 0.1) is 0 Å². The number of rotatable bonds is 8. The first-order valence-corrected chi connectivity index (χ1v) is 11.9. The summed E-state index contributed by atoms with van der Waals surface area (Å²) in [5, 5.41) is 12.3. The van der Waals surface area contributed by atoms with Gasteiger partial charge in [0.25, 0.3) is 0 Å². The van der Waals surface area contributed by atoms with Gasteiger partial charge < -0.3 is 29.4 Å². The molecule has 0 fully saturated rings. The van der Waals surface area contributed by atoms with Gasteiger partial charge in [-0.2, -0.15) is 0 Å². The Labute approximate surface area is 214 Å². The lowest BCUT2D eigenvalue weighted by atomic mass is 9.98. The second kappa shape index (κ2) is 10.3. The van der Waals surface area contributed by atoms with Crippen LogP contribution in [0.25, 0.3) is 17.2 Å². The number of nitrogens with one attached hydrogen (secondary N) is 1. The van der Waals surface area contributed by atoms with Crippen molar-refractivity contribution in [1.82, 2.24) is 5.32 Å². The Morgan fingerprint density at radius 1 is 1.00 bits per heavy atom. The fraction of sp³-hybridized carbons (Fsp3) is 0.241. The van der Waals surface area contributed by atoms with E-state index in [-0.39, 0.29) is 25.6 Å². The molecule has 1 amide bonds. The van der Waals surface area contributed by atoms with E-state index in [0.29, 0.717) is 22.8 Å². The number of benzene rings is 3. The number of fused-ring (bicyclic) bond motifs is 4. The van der Waals surface area contributed by atoms with Gasteiger partial charge >= 0.3 is 12.1 Å². The predicted molar refractivity (Wildman–Crippen MR) is 137 cm³/mol. The summed E-state index contributed by atoms with van der Waals surface area (Å²) < 4.78 is 22.0. The van der Waals surface area contributed by atoms with Crippen LogP contribution >= 0.6 is 0 Å². The molecule has 0 spiro atoms. The highest BCUT2D eigenvalue weighted by Gasteiger charge is 2.30. The highest BCUT2D eigenvalue weighted by atomic mass is 16.5. The van der Waals surface area contributed by atoms with E-state index in [1.54, 1.807) is 19.2 Å². The summed E-state index contributed by atoms with van der Waals surface area (Å²) in [4.78, 5) is 24.6. The maximum Gasteiger partial charge on any atom is 0.407 e. The van der Waals surface area contributed by atoms with Gasteiger partial charge in [-0.25, -0.2) is 9.59 Å². The van der Waals surface area contributed by atoms with Gasteiger partial charge in [0.2, 0.25) is 0 Å². The molecule has 3 aromatic carbocycles. The summed E-state index contributed by atoms with van der Waals surface area (Å²) in [6.45, 7) is 0.297. The average molecular weight is 502 g/mol. The minimum absolute atomic E-state index is 0.0628. The van der Waals surface area contributed by atoms with Crippen LogP contribution in [-0.4, -0.2) is 50.6 Å². The Balaban J connectivity index is 1.26. The molecule has 37 heavy (non-hydrogen) atoms. The third kappa shape index (κ3) is 4.82. The maximum absolute atomic E-state index is 12.7. The van der Waals surface area contributed by atoms with Gasteiger partial charge in [0.1, 0.15) is 25.0 Å². The Morgan fingerprint density at radius 2 is 1.62 bits per heavy atom. The minimum atomic E-state index is -1.17. The van der Waals surface area contributed by atoms with Gasteiger partial charge in [-0.05, 0) is 40.0 Å². The van der Waals surface area contributed by atoms with Gasteiger partial charge in [0, 0.05) is 24.0 Å². The SMILES string of the molecule is COc1cc2c(cc1OC)OCC(CC(NC(=O)OCC1c3ccccc3-c3ccccc31)C(=O)O)=C2. The first-order valence-electron chi connectivity index (χ1n) is 11.9. The fourth-order valence-corrected chi connectivity index (χ4v) is 4.91. The molecule has 0 saturated carbocycles. The van der Waals surface area contributed by atoms with Crippen molar-refractivity contribution in [3.63, 3.8) is 0 Å². The summed E-state index contributed by atoms with van der Waals surface area (Å²) in [7, 11) is 3.08. The number of amides is 1. The molecular weight excluding hydrogens is 474 g/mol. The molecule has 190 valence electrons. The Morgan fingerprint density at radius 3 is 2.24 bits per heavy atom. The van der Waals surface area contributed by atoms with Crippen molar-refractivity contribution < 1.29 is 33.6 Å². The van der Waals surface area contributed by atoms with E-state index in [9.17, 15) is 14.7 Å². The molecule has 0 aromatic heterocycles. The lowest BCUT2D eigenvalue weighted by Gasteiger charge is -2.22. The number of carboxylic acids is 1. The van der Waals surface area contributed by atoms with Crippen LogP contribution in [0.5, 0.6) is 17.2 Å². The van der Waals surface area contributed by atoms with Gasteiger partial charge in [-0.15, -0.1) is 0 Å². The van der Waals surface area contributed by atoms with Gasteiger partial charge in [0.15, 0.2) is 11.5 Å². The molecule has 1 atom stereocenters. The molecule has 8 nitrogen and oxygen atoms in total. The van der Waals surface area contributed by atoms with Crippen LogP contribution in [0.2, 0.25) is 0 Å². The van der Waals surface area contributed by atoms with E-state index in [2.05, 4.69) is 17.4 Å². The number of ether oxygens (including phenoxy) is 4. The van der Waals surface area contributed by atoms with Crippen LogP contribution in [-0.2, 0) is 9.53 Å². The zero-order chi connectivity index (χ0) is 25.9. The quantitative estimate of drug-likeness (QED) is 0.454. The van der Waals surface area contributed by atoms with Crippen molar-refractivity contribution in [3.05, 3.63) is 82.9 Å². The summed E-state index contributed by atoms with van der Waals surface area (Å²) in [6.07, 6.45) is 1.13. The van der Waals surface area contributed by atoms with E-state index in [1.165, 1.54) is 7.11 Å². The molecule has 2 aliphatic rings. The minimum Gasteiger partial charge on any atom is -0.493 e. The molecule has 1 aliphatic heterocycles. The monoisotopic (exact) mass is 501 g/mol. The molecule has 5 rings (SSSR count). The van der Waals surface area contributed by atoms with Crippen LogP contribution in [0.4, 0.5) is 4.79 Å². The van der Waals surface area contributed by atoms with Crippen LogP contribution in [0.3, 0.4) is 0 Å². The van der Waals surface area contributed by atoms with Crippen LogP contribution in [0.1, 0.15) is 29.0 Å². The number of hydrogen-bond donors (Lipinski definition) is 2. The number of methoxy groups -OCH3 is 2. The Kier molecular flexibility index (Phi) is 6.72. The number of aliphatic carboxylic acids is 1. The van der Waals surface area contributed by atoms with Gasteiger partial charge in [0.05, 0.1) is 14.2 Å². The second-order valence-electron chi connectivity index (χ2n) is 8.90. The number of carbonyl (C=O) groups excluding carboxylic acids is 1. The summed E-state index contributed by atoms with van der Waals surface area (Å²) in [6, 6.07) is 18.4. The van der Waals surface area contributed by atoms with Crippen molar-refractivity contribution in [2.24, 2.45) is 0 Å². The standard InChI is InChI=1S/C29H27NO7/c1-34-26-13-18-11-17(15-36-25(18)14-27(26)35-2)12-24(28(31)32)30-29(33)37-16-23-21-9-5-3-7-19(21)20-8-4-6-10-22(20)23/h3-11,13-14,23-24H,12,15-16H2,1-2H3,(H,30,33)(H,31,32). The number of carbonyl (C=O) groups is 2. The van der Waals surface area contributed by atoms with Gasteiger partial charge in [-0.3, -0.25) is 0 Å². The third-order valence-corrected chi connectivity index (χ3v) is 6.69. The summed E-state index contributed by atoms with van der Waals surface area (Å²) in [5.41, 5.74) is 5.86. The first kappa shape index (κ1) is 24.2. The highest BCUT2D eigenvalue weighted by molar-refractivity contribution is 5.81. The molecule has 0 radical (unpaired) electrons. The normalized spacial score (nSPS) is 14.3. The van der Waals surface area contributed by atoms with Crippen molar-refractivity contribution in [2.45, 2.75) is 18.4 Å². The van der Waals surface area contributed by atoms with Crippen LogP contribution < -0.4 is 19.5 Å². The average Bonchev–Trinajstić information content (AvgIpc) is 3.24. The summed E-state index contributed by atoms with van der Waals surface area (Å²) in [5.74, 6) is 0.414. The molecule has 2 N–H and O–H groups in total. The van der Waals surface area contributed by atoms with Crippen LogP contribution in [0.15, 0.2) is 66.2 Å². The Hall–Kier alpha value is -4.46. The molecule has 0 saturated heterocycles. The van der Waals surface area contributed by atoms with E-state index in [1.807, 2.05) is 42.5 Å². The largest absolute Gasteiger partial charge is 0.493 e. The maximum atomic E-state index is 12.7. The molecular formula is C29H27NO7. The molecule has 1 heterocycles. The molecule has 1 aliphatic carbocycles. The lowest BCUT2D eigenvalue weighted by Crippen LogP contribution is -2.42. The number of hydrogen-bond acceptors (Lipinski definition) is 6. The van der Waals surface area contributed by atoms with E-state index < -0.39 is 18.1 Å². The van der Waals surface area contributed by atoms with Crippen molar-refractivity contribution in [3.8, 4) is 28.4 Å². The topological polar surface area (TPSA) is 103 Å². The predicted octanol–water partition coefficient (Wildman–Crippen LogP) is 4.86. The molecule has 3 aromatic rings. The zero-order valence-corrected chi connectivity index (χ0v) is 20.5. The summed E-state index contributed by atoms with van der Waals surface area (Å²) >= 11 is 0. The van der Waals surface area contributed by atoms with Gasteiger partial charge in [-0.1, -0.05) is 48.5 Å². The Bertz CT molecular complexity index is 1330. The lowest BCUT2D eigenvalue weighted by molar-refractivity contribution is -0.139. The molecule has 8 heteroatoms. The number of alkyl carbamates (subject to hydrolysis) is 1.